The molecule has 108 valence electrons. The highest BCUT2D eigenvalue weighted by molar-refractivity contribution is 6.31. The minimum Gasteiger partial charge on any atom is -0.495 e. The maximum atomic E-state index is 6.10. The van der Waals surface area contributed by atoms with Crippen molar-refractivity contribution in [2.75, 3.05) is 12.4 Å². The summed E-state index contributed by atoms with van der Waals surface area (Å²) >= 11 is 6.10. The van der Waals surface area contributed by atoms with Crippen molar-refractivity contribution in [3.8, 4) is 5.75 Å². The molecular weight excluding hydrogens is 274 g/mol. The summed E-state index contributed by atoms with van der Waals surface area (Å²) in [6.07, 6.45) is 1.99. The average molecular weight is 294 g/mol. The largest absolute Gasteiger partial charge is 0.495 e. The van der Waals surface area contributed by atoms with Gasteiger partial charge < -0.3 is 10.1 Å². The molecule has 4 nitrogen and oxygen atoms in total. The predicted molar refractivity (Wildman–Crippen MR) is 82.7 cm³/mol. The Hall–Kier alpha value is -1.68. The van der Waals surface area contributed by atoms with E-state index in [0.717, 1.165) is 22.7 Å². The standard InChI is InChI=1S/C15H20ClN3O/c1-10(2)19-6-5-12(18-19)9-17-14-7-11(3)13(16)8-15(14)20-4/h5-8,10,17H,9H2,1-4H3. The number of ether oxygens (including phenoxy) is 1. The van der Waals surface area contributed by atoms with Gasteiger partial charge in [-0.3, -0.25) is 4.68 Å². The Morgan fingerprint density at radius 2 is 2.15 bits per heavy atom. The fraction of sp³-hybridized carbons (Fsp3) is 0.400. The first-order valence-electron chi connectivity index (χ1n) is 6.63. The molecule has 0 saturated heterocycles. The fourth-order valence-electron chi connectivity index (χ4n) is 1.92. The van der Waals surface area contributed by atoms with Crippen LogP contribution in [0.4, 0.5) is 5.69 Å². The van der Waals surface area contributed by atoms with Crippen molar-refractivity contribution in [3.05, 3.63) is 40.7 Å². The quantitative estimate of drug-likeness (QED) is 0.904. The first-order chi connectivity index (χ1) is 9.51. The lowest BCUT2D eigenvalue weighted by Gasteiger charge is -2.12. The number of halogens is 1. The molecule has 0 aliphatic rings. The van der Waals surface area contributed by atoms with E-state index in [1.165, 1.54) is 0 Å². The topological polar surface area (TPSA) is 39.1 Å². The van der Waals surface area contributed by atoms with E-state index in [2.05, 4.69) is 24.3 Å². The van der Waals surface area contributed by atoms with Gasteiger partial charge in [0.2, 0.25) is 0 Å². The van der Waals surface area contributed by atoms with Crippen LogP contribution in [0.5, 0.6) is 5.75 Å². The monoisotopic (exact) mass is 293 g/mol. The minimum atomic E-state index is 0.371. The molecule has 0 unspecified atom stereocenters. The molecule has 0 spiro atoms. The van der Waals surface area contributed by atoms with E-state index >= 15 is 0 Å². The van der Waals surface area contributed by atoms with Crippen LogP contribution in [0.25, 0.3) is 0 Å². The number of nitrogens with one attached hydrogen (secondary N) is 1. The van der Waals surface area contributed by atoms with Gasteiger partial charge in [-0.1, -0.05) is 11.6 Å². The number of hydrogen-bond donors (Lipinski definition) is 1. The molecule has 1 heterocycles. The summed E-state index contributed by atoms with van der Waals surface area (Å²) in [4.78, 5) is 0. The summed E-state index contributed by atoms with van der Waals surface area (Å²) in [5.74, 6) is 0.740. The van der Waals surface area contributed by atoms with Gasteiger partial charge in [0.15, 0.2) is 0 Å². The van der Waals surface area contributed by atoms with Gasteiger partial charge in [0, 0.05) is 23.3 Å². The summed E-state index contributed by atoms with van der Waals surface area (Å²) in [5.41, 5.74) is 2.93. The van der Waals surface area contributed by atoms with E-state index in [0.29, 0.717) is 17.6 Å². The van der Waals surface area contributed by atoms with Gasteiger partial charge >= 0.3 is 0 Å². The smallest absolute Gasteiger partial charge is 0.143 e. The molecule has 1 N–H and O–H groups in total. The molecule has 2 aromatic rings. The van der Waals surface area contributed by atoms with Gasteiger partial charge in [-0.25, -0.2) is 0 Å². The highest BCUT2D eigenvalue weighted by Gasteiger charge is 2.08. The lowest BCUT2D eigenvalue weighted by atomic mass is 10.2. The Morgan fingerprint density at radius 3 is 2.75 bits per heavy atom. The maximum Gasteiger partial charge on any atom is 0.143 e. The summed E-state index contributed by atoms with van der Waals surface area (Å²) in [5, 5.41) is 8.55. The third-order valence-electron chi connectivity index (χ3n) is 3.13. The second-order valence-corrected chi connectivity index (χ2v) is 5.44. The zero-order chi connectivity index (χ0) is 14.7. The first-order valence-corrected chi connectivity index (χ1v) is 7.01. The first kappa shape index (κ1) is 14.7. The third kappa shape index (κ3) is 3.25. The van der Waals surface area contributed by atoms with Crippen LogP contribution in [0.15, 0.2) is 24.4 Å². The molecule has 0 aliphatic heterocycles. The Kier molecular flexibility index (Phi) is 4.55. The SMILES string of the molecule is COc1cc(Cl)c(C)cc1NCc1ccn(C(C)C)n1. The highest BCUT2D eigenvalue weighted by Crippen LogP contribution is 2.31. The van der Waals surface area contributed by atoms with E-state index in [1.54, 1.807) is 7.11 Å². The Balaban J connectivity index is 2.11. The summed E-state index contributed by atoms with van der Waals surface area (Å²) in [7, 11) is 1.64. The normalized spacial score (nSPS) is 10.9. The molecule has 5 heteroatoms. The van der Waals surface area contributed by atoms with Crippen molar-refractivity contribution in [3.63, 3.8) is 0 Å². The average Bonchev–Trinajstić information content (AvgIpc) is 2.88. The van der Waals surface area contributed by atoms with Crippen LogP contribution < -0.4 is 10.1 Å². The van der Waals surface area contributed by atoms with E-state index in [1.807, 2.05) is 36.0 Å². The number of rotatable bonds is 5. The molecule has 0 bridgehead atoms. The van der Waals surface area contributed by atoms with Gasteiger partial charge in [-0.2, -0.15) is 5.10 Å². The van der Waals surface area contributed by atoms with Crippen LogP contribution in [0.3, 0.4) is 0 Å². The number of anilines is 1. The molecule has 0 saturated carbocycles. The second kappa shape index (κ2) is 6.18. The van der Waals surface area contributed by atoms with E-state index in [-0.39, 0.29) is 0 Å². The summed E-state index contributed by atoms with van der Waals surface area (Å²) in [6, 6.07) is 6.20. The predicted octanol–water partition coefficient (Wildman–Crippen LogP) is 4.05. The molecule has 0 radical (unpaired) electrons. The lowest BCUT2D eigenvalue weighted by molar-refractivity contribution is 0.416. The number of methoxy groups -OCH3 is 1. The van der Waals surface area contributed by atoms with E-state index in [4.69, 9.17) is 16.3 Å². The molecule has 0 aliphatic carbocycles. The van der Waals surface area contributed by atoms with Gasteiger partial charge in [-0.05, 0) is 38.5 Å². The van der Waals surface area contributed by atoms with Crippen LogP contribution in [0.2, 0.25) is 5.02 Å². The molecule has 20 heavy (non-hydrogen) atoms. The molecule has 0 amide bonds. The number of aryl methyl sites for hydroxylation is 1. The van der Waals surface area contributed by atoms with Crippen molar-refractivity contribution >= 4 is 17.3 Å². The number of benzene rings is 1. The van der Waals surface area contributed by atoms with Gasteiger partial charge in [0.25, 0.3) is 0 Å². The molecular formula is C15H20ClN3O. The van der Waals surface area contributed by atoms with Crippen LogP contribution in [-0.4, -0.2) is 16.9 Å². The number of aromatic nitrogens is 2. The van der Waals surface area contributed by atoms with Crippen LogP contribution >= 0.6 is 11.6 Å². The molecule has 0 fully saturated rings. The second-order valence-electron chi connectivity index (χ2n) is 5.04. The molecule has 1 aromatic heterocycles. The van der Waals surface area contributed by atoms with Crippen molar-refractivity contribution in [1.29, 1.82) is 0 Å². The highest BCUT2D eigenvalue weighted by atomic mass is 35.5. The zero-order valence-electron chi connectivity index (χ0n) is 12.3. The lowest BCUT2D eigenvalue weighted by Crippen LogP contribution is -2.05. The molecule has 2 rings (SSSR count). The van der Waals surface area contributed by atoms with E-state index in [9.17, 15) is 0 Å². The summed E-state index contributed by atoms with van der Waals surface area (Å²) < 4.78 is 7.29. The molecule has 1 aromatic carbocycles. The van der Waals surface area contributed by atoms with Gasteiger partial charge in [0.05, 0.1) is 25.0 Å². The van der Waals surface area contributed by atoms with Gasteiger partial charge in [-0.15, -0.1) is 0 Å². The van der Waals surface area contributed by atoms with Gasteiger partial charge in [0.1, 0.15) is 5.75 Å². The maximum absolute atomic E-state index is 6.10. The van der Waals surface area contributed by atoms with Crippen molar-refractivity contribution in [1.82, 2.24) is 9.78 Å². The van der Waals surface area contributed by atoms with Crippen LogP contribution in [-0.2, 0) is 6.54 Å². The van der Waals surface area contributed by atoms with Crippen LogP contribution in [0, 0.1) is 6.92 Å². The Bertz CT molecular complexity index is 593. The Morgan fingerprint density at radius 1 is 1.40 bits per heavy atom. The minimum absolute atomic E-state index is 0.371. The fourth-order valence-corrected chi connectivity index (χ4v) is 2.07. The van der Waals surface area contributed by atoms with E-state index < -0.39 is 0 Å². The van der Waals surface area contributed by atoms with Crippen molar-refractivity contribution in [2.24, 2.45) is 0 Å². The Labute approximate surface area is 124 Å². The summed E-state index contributed by atoms with van der Waals surface area (Å²) in [6.45, 7) is 6.84. The molecule has 0 atom stereocenters. The third-order valence-corrected chi connectivity index (χ3v) is 3.54. The van der Waals surface area contributed by atoms with Crippen LogP contribution in [0.1, 0.15) is 31.1 Å². The zero-order valence-corrected chi connectivity index (χ0v) is 13.0. The number of hydrogen-bond acceptors (Lipinski definition) is 3. The van der Waals surface area contributed by atoms with Crippen molar-refractivity contribution < 1.29 is 4.74 Å². The van der Waals surface area contributed by atoms with Crippen molar-refractivity contribution in [2.45, 2.75) is 33.4 Å². The number of nitrogens with zero attached hydrogens (tertiary/aromatic N) is 2.